The number of benzene rings is 2. The van der Waals surface area contributed by atoms with Crippen LogP contribution in [0.15, 0.2) is 53.1 Å². The topological polar surface area (TPSA) is 61.6 Å². The van der Waals surface area contributed by atoms with E-state index in [1.54, 1.807) is 6.07 Å². The molecular weight excluding hydrogens is 395 g/mol. The third-order valence-corrected chi connectivity index (χ3v) is 5.60. The van der Waals surface area contributed by atoms with Crippen molar-refractivity contribution in [2.24, 2.45) is 0 Å². The van der Waals surface area contributed by atoms with Crippen molar-refractivity contribution in [2.45, 2.75) is 26.9 Å². The van der Waals surface area contributed by atoms with Crippen molar-refractivity contribution < 1.29 is 13.6 Å². The molecule has 6 nitrogen and oxygen atoms in total. The molecule has 4 rings (SSSR count). The van der Waals surface area contributed by atoms with E-state index in [2.05, 4.69) is 20.1 Å². The molecule has 1 N–H and O–H groups in total. The van der Waals surface area contributed by atoms with Crippen molar-refractivity contribution in [3.8, 4) is 0 Å². The number of hydrogen-bond acceptors (Lipinski definition) is 5. The second kappa shape index (κ2) is 9.41. The Bertz CT molecular complexity index is 1060. The lowest BCUT2D eigenvalue weighted by molar-refractivity contribution is 0.102. The molecule has 0 aliphatic carbocycles. The molecule has 0 unspecified atom stereocenters. The van der Waals surface area contributed by atoms with Gasteiger partial charge in [-0.2, -0.15) is 0 Å². The van der Waals surface area contributed by atoms with E-state index in [1.807, 2.05) is 44.2 Å². The molecule has 31 heavy (non-hydrogen) atoms. The largest absolute Gasteiger partial charge is 0.447 e. The van der Waals surface area contributed by atoms with Crippen LogP contribution in [0.2, 0.25) is 0 Å². The first kappa shape index (κ1) is 21.2. The Labute approximate surface area is 181 Å². The summed E-state index contributed by atoms with van der Waals surface area (Å²) in [6.45, 7) is 8.45. The summed E-state index contributed by atoms with van der Waals surface area (Å²) >= 11 is 0. The van der Waals surface area contributed by atoms with Crippen LogP contribution in [-0.2, 0) is 13.1 Å². The van der Waals surface area contributed by atoms with Gasteiger partial charge in [0.2, 0.25) is 5.89 Å². The monoisotopic (exact) mass is 422 g/mol. The van der Waals surface area contributed by atoms with Crippen molar-refractivity contribution >= 4 is 11.6 Å². The van der Waals surface area contributed by atoms with Gasteiger partial charge in [-0.15, -0.1) is 0 Å². The molecule has 1 amide bonds. The molecule has 0 spiro atoms. The van der Waals surface area contributed by atoms with E-state index in [4.69, 9.17) is 4.42 Å². The minimum Gasteiger partial charge on any atom is -0.447 e. The van der Waals surface area contributed by atoms with E-state index < -0.39 is 0 Å². The summed E-state index contributed by atoms with van der Waals surface area (Å²) < 4.78 is 19.4. The highest BCUT2D eigenvalue weighted by Crippen LogP contribution is 2.18. The van der Waals surface area contributed by atoms with Crippen LogP contribution in [0, 0.1) is 19.7 Å². The molecule has 1 fully saturated rings. The fourth-order valence-corrected chi connectivity index (χ4v) is 3.71. The molecule has 1 saturated heterocycles. The maximum atomic E-state index is 13.9. The average Bonchev–Trinajstić information content (AvgIpc) is 3.22. The number of rotatable bonds is 6. The number of nitrogens with one attached hydrogen (secondary N) is 1. The molecule has 1 aliphatic rings. The molecule has 7 heteroatoms. The number of halogens is 1. The van der Waals surface area contributed by atoms with Crippen LogP contribution >= 0.6 is 0 Å². The van der Waals surface area contributed by atoms with E-state index in [-0.39, 0.29) is 17.4 Å². The first-order chi connectivity index (χ1) is 15.0. The molecule has 0 atom stereocenters. The highest BCUT2D eigenvalue weighted by Gasteiger charge is 2.21. The summed E-state index contributed by atoms with van der Waals surface area (Å²) in [6, 6.07) is 12.8. The van der Waals surface area contributed by atoms with Gasteiger partial charge >= 0.3 is 0 Å². The van der Waals surface area contributed by atoms with E-state index in [9.17, 15) is 9.18 Å². The number of aromatic nitrogens is 1. The highest BCUT2D eigenvalue weighted by molar-refractivity contribution is 6.03. The minimum atomic E-state index is -0.279. The van der Waals surface area contributed by atoms with Crippen LogP contribution in [0.4, 0.5) is 10.1 Å². The zero-order valence-corrected chi connectivity index (χ0v) is 17.9. The van der Waals surface area contributed by atoms with E-state index in [0.717, 1.165) is 48.6 Å². The van der Waals surface area contributed by atoms with Gasteiger partial charge < -0.3 is 9.73 Å². The number of piperazine rings is 1. The van der Waals surface area contributed by atoms with Crippen LogP contribution in [0.5, 0.6) is 0 Å². The lowest BCUT2D eigenvalue weighted by Crippen LogP contribution is -2.45. The van der Waals surface area contributed by atoms with Crippen molar-refractivity contribution in [3.63, 3.8) is 0 Å². The molecule has 3 aromatic rings. The fourth-order valence-electron chi connectivity index (χ4n) is 3.71. The predicted octanol–water partition coefficient (Wildman–Crippen LogP) is 4.00. The zero-order chi connectivity index (χ0) is 21.8. The molecule has 1 aromatic heterocycles. The standard InChI is InChI=1S/C24H27FN4O2/c1-17-7-8-18(2)21(13-17)27-24(30)22-16-31-23(26-22)15-29-11-9-28(10-12-29)14-19-5-3-4-6-20(19)25/h3-8,13,16H,9-12,14-15H2,1-2H3,(H,27,30). The van der Waals surface area contributed by atoms with Crippen molar-refractivity contribution in [2.75, 3.05) is 31.5 Å². The number of oxazole rings is 1. The smallest absolute Gasteiger partial charge is 0.277 e. The molecule has 2 heterocycles. The molecule has 162 valence electrons. The Morgan fingerprint density at radius 1 is 1.06 bits per heavy atom. The lowest BCUT2D eigenvalue weighted by atomic mass is 10.1. The Morgan fingerprint density at radius 3 is 2.52 bits per heavy atom. The lowest BCUT2D eigenvalue weighted by Gasteiger charge is -2.34. The number of aryl methyl sites for hydroxylation is 2. The van der Waals surface area contributed by atoms with Crippen LogP contribution in [0.1, 0.15) is 33.1 Å². The van der Waals surface area contributed by atoms with Crippen LogP contribution in [-0.4, -0.2) is 46.9 Å². The summed E-state index contributed by atoms with van der Waals surface area (Å²) in [7, 11) is 0. The number of carbonyl (C=O) groups excluding carboxylic acids is 1. The van der Waals surface area contributed by atoms with Gasteiger partial charge in [0.15, 0.2) is 5.69 Å². The van der Waals surface area contributed by atoms with Gasteiger partial charge in [-0.3, -0.25) is 14.6 Å². The quantitative estimate of drug-likeness (QED) is 0.651. The third kappa shape index (κ3) is 5.37. The summed E-state index contributed by atoms with van der Waals surface area (Å²) in [5.74, 6) is 0.0865. The number of nitrogens with zero attached hydrogens (tertiary/aromatic N) is 3. The van der Waals surface area contributed by atoms with Crippen LogP contribution < -0.4 is 5.32 Å². The first-order valence-electron chi connectivity index (χ1n) is 10.5. The first-order valence-corrected chi connectivity index (χ1v) is 10.5. The van der Waals surface area contributed by atoms with Gasteiger partial charge in [0.1, 0.15) is 12.1 Å². The minimum absolute atomic E-state index is 0.156. The number of amides is 1. The molecular formula is C24H27FN4O2. The Kier molecular flexibility index (Phi) is 6.44. The summed E-state index contributed by atoms with van der Waals surface area (Å²) in [5.41, 5.74) is 3.85. The van der Waals surface area contributed by atoms with E-state index in [1.165, 1.54) is 12.3 Å². The third-order valence-electron chi connectivity index (χ3n) is 5.60. The number of anilines is 1. The average molecular weight is 423 g/mol. The fraction of sp³-hybridized carbons (Fsp3) is 0.333. The predicted molar refractivity (Wildman–Crippen MR) is 117 cm³/mol. The van der Waals surface area contributed by atoms with Crippen LogP contribution in [0.25, 0.3) is 0 Å². The second-order valence-corrected chi connectivity index (χ2v) is 8.04. The van der Waals surface area contributed by atoms with Crippen LogP contribution in [0.3, 0.4) is 0 Å². The van der Waals surface area contributed by atoms with E-state index >= 15 is 0 Å². The van der Waals surface area contributed by atoms with Gasteiger partial charge in [-0.05, 0) is 37.1 Å². The van der Waals surface area contributed by atoms with Gasteiger partial charge in [-0.25, -0.2) is 9.37 Å². The number of hydrogen-bond donors (Lipinski definition) is 1. The van der Waals surface area contributed by atoms with Gasteiger partial charge in [0.25, 0.3) is 5.91 Å². The van der Waals surface area contributed by atoms with Gasteiger partial charge in [-0.1, -0.05) is 30.3 Å². The summed E-state index contributed by atoms with van der Waals surface area (Å²) in [5, 5.41) is 2.91. The van der Waals surface area contributed by atoms with Crippen molar-refractivity contribution in [1.82, 2.24) is 14.8 Å². The highest BCUT2D eigenvalue weighted by atomic mass is 19.1. The maximum absolute atomic E-state index is 13.9. The molecule has 0 bridgehead atoms. The Hall–Kier alpha value is -3.03. The Balaban J connectivity index is 1.29. The van der Waals surface area contributed by atoms with Crippen molar-refractivity contribution in [3.05, 3.63) is 82.8 Å². The van der Waals surface area contributed by atoms with E-state index in [0.29, 0.717) is 19.0 Å². The van der Waals surface area contributed by atoms with Gasteiger partial charge in [0, 0.05) is 44.0 Å². The second-order valence-electron chi connectivity index (χ2n) is 8.04. The normalized spacial score (nSPS) is 15.2. The molecule has 0 saturated carbocycles. The summed E-state index contributed by atoms with van der Waals surface area (Å²) in [6.07, 6.45) is 1.41. The maximum Gasteiger partial charge on any atom is 0.277 e. The Morgan fingerprint density at radius 2 is 1.77 bits per heavy atom. The SMILES string of the molecule is Cc1ccc(C)c(NC(=O)c2coc(CN3CCN(Cc4ccccc4F)CC3)n2)c1. The number of carbonyl (C=O) groups is 1. The van der Waals surface area contributed by atoms with Gasteiger partial charge in [0.05, 0.1) is 6.54 Å². The molecule has 2 aromatic carbocycles. The molecule has 1 aliphatic heterocycles. The van der Waals surface area contributed by atoms with Crippen molar-refractivity contribution in [1.29, 1.82) is 0 Å². The summed E-state index contributed by atoms with van der Waals surface area (Å²) in [4.78, 5) is 21.4. The zero-order valence-electron chi connectivity index (χ0n) is 17.9. The molecule has 0 radical (unpaired) electrons.